The first-order valence-corrected chi connectivity index (χ1v) is 36.4. The average molecular weight is 1170 g/mol. The van der Waals surface area contributed by atoms with Crippen LogP contribution in [0.1, 0.15) is 361 Å². The minimum atomic E-state index is -5.09. The Labute approximate surface area is 500 Å². The lowest BCUT2D eigenvalue weighted by atomic mass is 9.99. The third-order valence-electron chi connectivity index (χ3n) is 17.1. The number of aliphatic hydroxyl groups is 4. The maximum atomic E-state index is 13.2. The van der Waals surface area contributed by atoms with Crippen LogP contribution in [0.2, 0.25) is 0 Å². The maximum absolute atomic E-state index is 13.2. The normalized spacial score (nSPS) is 18.5. The Kier molecular flexibility index (Phi) is 55.6. The lowest BCUT2D eigenvalue weighted by Crippen LogP contribution is -2.61. The van der Waals surface area contributed by atoms with E-state index in [1.54, 1.807) is 6.08 Å². The summed E-state index contributed by atoms with van der Waals surface area (Å²) >= 11 is 0. The van der Waals surface area contributed by atoms with Crippen LogP contribution < -0.4 is 5.32 Å². The van der Waals surface area contributed by atoms with Gasteiger partial charge in [0.15, 0.2) is 6.29 Å². The molecular weight excluding hydrogens is 1040 g/mol. The van der Waals surface area contributed by atoms with E-state index in [2.05, 4.69) is 23.3 Å². The molecule has 1 amide bonds. The quantitative estimate of drug-likeness (QED) is 0.0193. The van der Waals surface area contributed by atoms with Crippen LogP contribution in [0.3, 0.4) is 0 Å². The van der Waals surface area contributed by atoms with E-state index in [4.69, 9.17) is 9.47 Å². The summed E-state index contributed by atoms with van der Waals surface area (Å²) in [5.74, 6) is -0.254. The average Bonchev–Trinajstić information content (AvgIpc) is 3.49. The molecule has 13 heteroatoms. The Bertz CT molecular complexity index is 1470. The molecule has 0 aliphatic carbocycles. The maximum Gasteiger partial charge on any atom is 0.397 e. The second-order valence-corrected chi connectivity index (χ2v) is 25.9. The van der Waals surface area contributed by atoms with Crippen molar-refractivity contribution in [2.45, 2.75) is 403 Å². The number of allylic oxidation sites excluding steroid dienone is 1. The topological polar surface area (TPSA) is 192 Å². The van der Waals surface area contributed by atoms with Crippen molar-refractivity contribution >= 4 is 16.3 Å². The third-order valence-corrected chi connectivity index (χ3v) is 17.5. The Balaban J connectivity index is 2.12. The van der Waals surface area contributed by atoms with Crippen LogP contribution in [0.5, 0.6) is 0 Å². The number of carbonyl (C=O) groups is 1. The molecular formula is C68H133NO11S. The molecule has 81 heavy (non-hydrogen) atoms. The van der Waals surface area contributed by atoms with Crippen molar-refractivity contribution < 1.29 is 51.8 Å². The van der Waals surface area contributed by atoms with Crippen LogP contribution in [0, 0.1) is 0 Å². The predicted octanol–water partition coefficient (Wildman–Crippen LogP) is 18.1. The van der Waals surface area contributed by atoms with Gasteiger partial charge in [0.1, 0.15) is 24.4 Å². The van der Waals surface area contributed by atoms with Crippen LogP contribution in [0.4, 0.5) is 0 Å². The first-order chi connectivity index (χ1) is 39.5. The molecule has 7 unspecified atom stereocenters. The number of hydrogen-bond donors (Lipinski definition) is 6. The Morgan fingerprint density at radius 3 is 1.07 bits per heavy atom. The fourth-order valence-corrected chi connectivity index (χ4v) is 12.2. The van der Waals surface area contributed by atoms with E-state index in [0.29, 0.717) is 6.42 Å². The molecule has 6 N–H and O–H groups in total. The van der Waals surface area contributed by atoms with Gasteiger partial charge in [-0.2, -0.15) is 8.42 Å². The van der Waals surface area contributed by atoms with E-state index < -0.39 is 59.9 Å². The molecule has 0 aromatic carbocycles. The smallest absolute Gasteiger partial charge is 0.394 e. The number of ether oxygens (including phenoxy) is 2. The molecule has 0 spiro atoms. The van der Waals surface area contributed by atoms with E-state index in [1.807, 2.05) is 6.08 Å². The molecule has 1 rings (SSSR count). The number of hydrogen-bond acceptors (Lipinski definition) is 10. The van der Waals surface area contributed by atoms with Crippen molar-refractivity contribution in [2.24, 2.45) is 0 Å². The minimum Gasteiger partial charge on any atom is -0.394 e. The Morgan fingerprint density at radius 2 is 0.778 bits per heavy atom. The van der Waals surface area contributed by atoms with Crippen LogP contribution in [0.15, 0.2) is 12.2 Å². The zero-order chi connectivity index (χ0) is 59.0. The van der Waals surface area contributed by atoms with Gasteiger partial charge in [-0.25, -0.2) is 4.18 Å². The van der Waals surface area contributed by atoms with E-state index >= 15 is 0 Å². The van der Waals surface area contributed by atoms with Gasteiger partial charge in [0.05, 0.1) is 25.4 Å². The standard InChI is InChI=1S/C68H133NO11S/c1-3-5-7-9-11-13-15-17-19-20-21-22-23-24-25-26-27-28-29-30-31-32-33-34-35-36-37-38-39-40-41-42-44-46-48-50-52-54-56-58-64(72)69-61(60-78-68-66(74)67(80-81(75,76)77)65(73)63(59-70)79-68)62(71)57-55-53-51-49-47-45-43-18-16-14-12-10-8-6-4-2/h55,57,61-63,65-68,70-71,73-74H,3-54,56,58-60H2,1-2H3,(H,69,72)(H,75,76,77)/b57-55+. The highest BCUT2D eigenvalue weighted by Crippen LogP contribution is 2.26. The van der Waals surface area contributed by atoms with Crippen LogP contribution in [-0.2, 0) is 28.9 Å². The number of amides is 1. The summed E-state index contributed by atoms with van der Waals surface area (Å²) in [4.78, 5) is 13.2. The predicted molar refractivity (Wildman–Crippen MR) is 338 cm³/mol. The van der Waals surface area contributed by atoms with Gasteiger partial charge >= 0.3 is 10.4 Å². The van der Waals surface area contributed by atoms with Gasteiger partial charge in [0, 0.05) is 6.42 Å². The molecule has 12 nitrogen and oxygen atoms in total. The first-order valence-electron chi connectivity index (χ1n) is 35.1. The summed E-state index contributed by atoms with van der Waals surface area (Å²) in [6.07, 6.45) is 64.6. The molecule has 1 fully saturated rings. The SMILES string of the molecule is CCCCCCCCCCCCCCC/C=C/C(O)C(COC1OC(CO)C(O)C(OS(=O)(=O)O)C1O)NC(=O)CCCCCCCCCCCCCCCCCCCCCCCCCCCCCCCCCCCCCCCCC. The van der Waals surface area contributed by atoms with Crippen molar-refractivity contribution in [3.8, 4) is 0 Å². The van der Waals surface area contributed by atoms with Crippen molar-refractivity contribution in [2.75, 3.05) is 13.2 Å². The molecule has 1 aliphatic heterocycles. The number of nitrogens with one attached hydrogen (secondary N) is 1. The van der Waals surface area contributed by atoms with E-state index in [9.17, 15) is 38.2 Å². The second kappa shape index (κ2) is 57.9. The van der Waals surface area contributed by atoms with E-state index in [1.165, 1.54) is 295 Å². The largest absolute Gasteiger partial charge is 0.397 e. The van der Waals surface area contributed by atoms with Crippen molar-refractivity contribution in [3.63, 3.8) is 0 Å². The minimum absolute atomic E-state index is 0.254. The van der Waals surface area contributed by atoms with E-state index in [0.717, 1.165) is 38.5 Å². The number of carbonyl (C=O) groups excluding carboxylic acids is 1. The van der Waals surface area contributed by atoms with Crippen LogP contribution >= 0.6 is 0 Å². The lowest BCUT2D eigenvalue weighted by Gasteiger charge is -2.41. The van der Waals surface area contributed by atoms with Gasteiger partial charge in [-0.15, -0.1) is 0 Å². The van der Waals surface area contributed by atoms with Gasteiger partial charge in [0.25, 0.3) is 0 Å². The highest BCUT2D eigenvalue weighted by molar-refractivity contribution is 7.80. The zero-order valence-electron chi connectivity index (χ0n) is 52.9. The number of unbranched alkanes of at least 4 members (excludes halogenated alkanes) is 51. The monoisotopic (exact) mass is 1170 g/mol. The fourth-order valence-electron chi connectivity index (χ4n) is 11.7. The molecule has 0 radical (unpaired) electrons. The first kappa shape index (κ1) is 77.9. The van der Waals surface area contributed by atoms with Gasteiger partial charge in [-0.3, -0.25) is 9.35 Å². The molecule has 482 valence electrons. The van der Waals surface area contributed by atoms with Crippen molar-refractivity contribution in [1.29, 1.82) is 0 Å². The Hall–Kier alpha value is -1.16. The molecule has 1 heterocycles. The summed E-state index contributed by atoms with van der Waals surface area (Å²) in [6.45, 7) is 3.45. The molecule has 7 atom stereocenters. The van der Waals surface area contributed by atoms with Gasteiger partial charge in [-0.05, 0) is 19.3 Å². The molecule has 0 bridgehead atoms. The summed E-state index contributed by atoms with van der Waals surface area (Å²) in [5.41, 5.74) is 0. The second-order valence-electron chi connectivity index (χ2n) is 24.8. The van der Waals surface area contributed by atoms with Gasteiger partial charge in [-0.1, -0.05) is 347 Å². The highest BCUT2D eigenvalue weighted by Gasteiger charge is 2.48. The highest BCUT2D eigenvalue weighted by atomic mass is 32.3. The number of rotatable bonds is 63. The molecule has 0 aromatic rings. The van der Waals surface area contributed by atoms with Crippen molar-refractivity contribution in [1.82, 2.24) is 5.32 Å². The molecule has 1 saturated heterocycles. The molecule has 0 saturated carbocycles. The molecule has 1 aliphatic rings. The van der Waals surface area contributed by atoms with E-state index in [-0.39, 0.29) is 18.9 Å². The van der Waals surface area contributed by atoms with Gasteiger partial charge < -0.3 is 35.2 Å². The summed E-state index contributed by atoms with van der Waals surface area (Å²) < 4.78 is 47.9. The third kappa shape index (κ3) is 49.6. The van der Waals surface area contributed by atoms with Crippen molar-refractivity contribution in [3.05, 3.63) is 12.2 Å². The lowest BCUT2D eigenvalue weighted by molar-refractivity contribution is -0.298. The fraction of sp³-hybridized carbons (Fsp3) is 0.956. The van der Waals surface area contributed by atoms with Gasteiger partial charge in [0.2, 0.25) is 5.91 Å². The number of aliphatic hydroxyl groups excluding tert-OH is 4. The Morgan fingerprint density at radius 1 is 0.481 bits per heavy atom. The summed E-state index contributed by atoms with van der Waals surface area (Å²) in [5, 5.41) is 45.0. The summed E-state index contributed by atoms with van der Waals surface area (Å²) in [6, 6.07) is -0.941. The van der Waals surface area contributed by atoms with Crippen LogP contribution in [-0.4, -0.2) is 95.4 Å². The molecule has 0 aromatic heterocycles. The van der Waals surface area contributed by atoms with Crippen LogP contribution in [0.25, 0.3) is 0 Å². The zero-order valence-corrected chi connectivity index (χ0v) is 53.7. The summed E-state index contributed by atoms with van der Waals surface area (Å²) in [7, 11) is -5.09.